The lowest BCUT2D eigenvalue weighted by molar-refractivity contribution is 0.578. The van der Waals surface area contributed by atoms with Gasteiger partial charge in [-0.3, -0.25) is 0 Å². The van der Waals surface area contributed by atoms with Crippen molar-refractivity contribution in [2.45, 2.75) is 45.4 Å². The highest BCUT2D eigenvalue weighted by molar-refractivity contribution is 7.90. The minimum atomic E-state index is -3.27. The quantitative estimate of drug-likeness (QED) is 0.750. The smallest absolute Gasteiger partial charge is 0.238 e. The van der Waals surface area contributed by atoms with Crippen molar-refractivity contribution in [3.05, 3.63) is 30.5 Å². The molecule has 0 radical (unpaired) electrons. The summed E-state index contributed by atoms with van der Waals surface area (Å²) in [6.45, 7) is 4.22. The number of unbranched alkanes of at least 4 members (excludes halogenated alkanes) is 2. The molecule has 0 spiro atoms. The van der Waals surface area contributed by atoms with Gasteiger partial charge in [0.05, 0.1) is 11.3 Å². The molecule has 2 heterocycles. The van der Waals surface area contributed by atoms with Crippen molar-refractivity contribution in [3.8, 4) is 0 Å². The van der Waals surface area contributed by atoms with E-state index in [1.165, 1.54) is 23.2 Å². The number of fused-ring (bicyclic) bond motifs is 1. The van der Waals surface area contributed by atoms with E-state index >= 15 is 0 Å². The highest BCUT2D eigenvalue weighted by Crippen LogP contribution is 2.26. The predicted octanol–water partition coefficient (Wildman–Crippen LogP) is 4.00. The van der Waals surface area contributed by atoms with Crippen LogP contribution in [0.3, 0.4) is 0 Å². The van der Waals surface area contributed by atoms with E-state index in [9.17, 15) is 8.42 Å². The first kappa shape index (κ1) is 16.4. The van der Waals surface area contributed by atoms with Crippen molar-refractivity contribution in [2.75, 3.05) is 23.7 Å². The Morgan fingerprint density at radius 1 is 1.04 bits per heavy atom. The second kappa shape index (κ2) is 6.95. The molecule has 1 saturated heterocycles. The van der Waals surface area contributed by atoms with E-state index in [-0.39, 0.29) is 5.75 Å². The fourth-order valence-electron chi connectivity index (χ4n) is 3.32. The maximum Gasteiger partial charge on any atom is 0.238 e. The molecule has 2 aromatic rings. The van der Waals surface area contributed by atoms with Gasteiger partial charge in [0, 0.05) is 30.4 Å². The molecule has 0 saturated carbocycles. The predicted molar refractivity (Wildman–Crippen MR) is 96.7 cm³/mol. The van der Waals surface area contributed by atoms with Crippen LogP contribution in [0.15, 0.2) is 30.5 Å². The van der Waals surface area contributed by atoms with E-state index in [2.05, 4.69) is 17.9 Å². The van der Waals surface area contributed by atoms with E-state index in [1.807, 2.05) is 18.2 Å². The van der Waals surface area contributed by atoms with Gasteiger partial charge in [0.1, 0.15) is 0 Å². The molecule has 0 aliphatic carbocycles. The monoisotopic (exact) mass is 334 g/mol. The maximum atomic E-state index is 12.6. The summed E-state index contributed by atoms with van der Waals surface area (Å²) in [6, 6.07) is 8.09. The van der Waals surface area contributed by atoms with Gasteiger partial charge in [-0.1, -0.05) is 25.8 Å². The third-order valence-corrected chi connectivity index (χ3v) is 6.39. The second-order valence-corrected chi connectivity index (χ2v) is 8.39. The summed E-state index contributed by atoms with van der Waals surface area (Å²) in [7, 11) is -3.27. The van der Waals surface area contributed by atoms with Gasteiger partial charge in [0.15, 0.2) is 0 Å². The third kappa shape index (κ3) is 3.55. The molecule has 5 heteroatoms. The standard InChI is InChI=1S/C18H26N2O2S/c1-2-3-7-14-23(21,22)20-13-10-16-8-9-17(15-18(16)20)19-11-5-4-6-12-19/h8-10,13,15H,2-7,11-12,14H2,1H3. The molecule has 0 unspecified atom stereocenters. The van der Waals surface area contributed by atoms with Crippen LogP contribution in [0.2, 0.25) is 0 Å². The Bertz CT molecular complexity index is 758. The summed E-state index contributed by atoms with van der Waals surface area (Å²) in [5, 5.41) is 0.991. The maximum absolute atomic E-state index is 12.6. The molecule has 1 fully saturated rings. The lowest BCUT2D eigenvalue weighted by atomic mass is 10.1. The minimum Gasteiger partial charge on any atom is -0.371 e. The van der Waals surface area contributed by atoms with Crippen molar-refractivity contribution in [3.63, 3.8) is 0 Å². The number of benzene rings is 1. The Labute approximate surface area is 139 Å². The summed E-state index contributed by atoms with van der Waals surface area (Å²) in [5.74, 6) is 0.221. The molecule has 1 aromatic carbocycles. The molecule has 1 aliphatic heterocycles. The van der Waals surface area contributed by atoms with Gasteiger partial charge in [-0.25, -0.2) is 12.4 Å². The number of nitrogens with zero attached hydrogens (tertiary/aromatic N) is 2. The highest BCUT2D eigenvalue weighted by atomic mass is 32.2. The molecule has 0 amide bonds. The topological polar surface area (TPSA) is 42.3 Å². The van der Waals surface area contributed by atoms with Crippen LogP contribution in [0.1, 0.15) is 45.4 Å². The van der Waals surface area contributed by atoms with Crippen LogP contribution in [-0.2, 0) is 10.0 Å². The van der Waals surface area contributed by atoms with E-state index in [1.54, 1.807) is 6.20 Å². The summed E-state index contributed by atoms with van der Waals surface area (Å²) in [4.78, 5) is 2.37. The zero-order valence-corrected chi connectivity index (χ0v) is 14.7. The summed E-state index contributed by atoms with van der Waals surface area (Å²) >= 11 is 0. The Hall–Kier alpha value is -1.49. The largest absolute Gasteiger partial charge is 0.371 e. The van der Waals surface area contributed by atoms with Crippen molar-refractivity contribution in [2.24, 2.45) is 0 Å². The highest BCUT2D eigenvalue weighted by Gasteiger charge is 2.17. The minimum absolute atomic E-state index is 0.221. The SMILES string of the molecule is CCCCCS(=O)(=O)n1ccc2ccc(N3CCCCC3)cc21. The molecule has 1 aromatic heterocycles. The number of rotatable bonds is 6. The second-order valence-electron chi connectivity index (χ2n) is 6.43. The molecule has 126 valence electrons. The zero-order valence-electron chi connectivity index (χ0n) is 13.9. The first-order valence-electron chi connectivity index (χ1n) is 8.71. The van der Waals surface area contributed by atoms with Crippen LogP contribution in [0.5, 0.6) is 0 Å². The van der Waals surface area contributed by atoms with Crippen LogP contribution in [-0.4, -0.2) is 31.2 Å². The number of hydrogen-bond donors (Lipinski definition) is 0. The van der Waals surface area contributed by atoms with Gasteiger partial charge in [-0.15, -0.1) is 0 Å². The first-order valence-corrected chi connectivity index (χ1v) is 10.3. The molecule has 1 aliphatic rings. The van der Waals surface area contributed by atoms with Crippen LogP contribution in [0.25, 0.3) is 10.9 Å². The lowest BCUT2D eigenvalue weighted by Crippen LogP contribution is -2.29. The summed E-state index contributed by atoms with van der Waals surface area (Å²) in [6.07, 6.45) is 8.14. The van der Waals surface area contributed by atoms with Gasteiger partial charge in [0.2, 0.25) is 10.0 Å². The third-order valence-electron chi connectivity index (χ3n) is 4.67. The molecular weight excluding hydrogens is 308 g/mol. The fourth-order valence-corrected chi connectivity index (χ4v) is 4.79. The number of piperidine rings is 1. The van der Waals surface area contributed by atoms with E-state index < -0.39 is 10.0 Å². The molecular formula is C18H26N2O2S. The van der Waals surface area contributed by atoms with Crippen molar-refractivity contribution < 1.29 is 8.42 Å². The van der Waals surface area contributed by atoms with Gasteiger partial charge in [-0.05, 0) is 43.9 Å². The number of anilines is 1. The Morgan fingerprint density at radius 3 is 2.57 bits per heavy atom. The van der Waals surface area contributed by atoms with E-state index in [0.717, 1.165) is 48.9 Å². The van der Waals surface area contributed by atoms with E-state index in [4.69, 9.17) is 0 Å². The van der Waals surface area contributed by atoms with Crippen molar-refractivity contribution in [1.29, 1.82) is 0 Å². The number of hydrogen-bond acceptors (Lipinski definition) is 3. The van der Waals surface area contributed by atoms with Crippen molar-refractivity contribution >= 4 is 26.6 Å². The molecule has 23 heavy (non-hydrogen) atoms. The molecule has 0 N–H and O–H groups in total. The van der Waals surface area contributed by atoms with Gasteiger partial charge in [-0.2, -0.15) is 0 Å². The first-order chi connectivity index (χ1) is 11.1. The number of aromatic nitrogens is 1. The Morgan fingerprint density at radius 2 is 1.83 bits per heavy atom. The molecule has 0 bridgehead atoms. The van der Waals surface area contributed by atoms with Crippen LogP contribution < -0.4 is 4.90 Å². The van der Waals surface area contributed by atoms with Crippen LogP contribution in [0, 0.1) is 0 Å². The summed E-state index contributed by atoms with van der Waals surface area (Å²) in [5.41, 5.74) is 1.95. The summed E-state index contributed by atoms with van der Waals surface area (Å²) < 4.78 is 26.7. The van der Waals surface area contributed by atoms with Gasteiger partial charge < -0.3 is 4.90 Å². The Kier molecular flexibility index (Phi) is 4.95. The average molecular weight is 334 g/mol. The van der Waals surface area contributed by atoms with Gasteiger partial charge in [0.25, 0.3) is 0 Å². The van der Waals surface area contributed by atoms with E-state index in [0.29, 0.717) is 0 Å². The molecule has 3 rings (SSSR count). The van der Waals surface area contributed by atoms with Crippen LogP contribution >= 0.6 is 0 Å². The fraction of sp³-hybridized carbons (Fsp3) is 0.556. The van der Waals surface area contributed by atoms with Crippen molar-refractivity contribution in [1.82, 2.24) is 3.97 Å². The van der Waals surface area contributed by atoms with Gasteiger partial charge >= 0.3 is 0 Å². The Balaban J connectivity index is 1.91. The average Bonchev–Trinajstić information content (AvgIpc) is 3.00. The normalized spacial score (nSPS) is 16.1. The molecule has 4 nitrogen and oxygen atoms in total. The molecule has 0 atom stereocenters. The lowest BCUT2D eigenvalue weighted by Gasteiger charge is -2.28. The zero-order chi connectivity index (χ0) is 16.3. The van der Waals surface area contributed by atoms with Crippen LogP contribution in [0.4, 0.5) is 5.69 Å².